The lowest BCUT2D eigenvalue weighted by Gasteiger charge is -1.99. The lowest BCUT2D eigenvalue weighted by Crippen LogP contribution is -1.93. The van der Waals surface area contributed by atoms with E-state index in [1.165, 1.54) is 12.1 Å². The van der Waals surface area contributed by atoms with Gasteiger partial charge in [0.25, 0.3) is 5.69 Å². The van der Waals surface area contributed by atoms with Gasteiger partial charge < -0.3 is 5.21 Å². The molecule has 0 unspecified atom stereocenters. The Kier molecular flexibility index (Phi) is 2.99. The first kappa shape index (κ1) is 9.95. The molecule has 1 rings (SSSR count). The first-order valence-corrected chi connectivity index (χ1v) is 3.83. The van der Waals surface area contributed by atoms with Gasteiger partial charge in [0.05, 0.1) is 10.5 Å². The lowest BCUT2D eigenvalue weighted by molar-refractivity contribution is -0.385. The average Bonchev–Trinajstić information content (AvgIpc) is 2.15. The summed E-state index contributed by atoms with van der Waals surface area (Å²) in [7, 11) is 0. The number of benzene rings is 1. The first-order chi connectivity index (χ1) is 6.66. The molecule has 14 heavy (non-hydrogen) atoms. The Morgan fingerprint density at radius 1 is 1.64 bits per heavy atom. The zero-order chi connectivity index (χ0) is 10.6. The first-order valence-electron chi connectivity index (χ1n) is 3.83. The minimum Gasteiger partial charge on any atom is -0.404 e. The summed E-state index contributed by atoms with van der Waals surface area (Å²) in [6.45, 7) is 1.73. The molecule has 5 heteroatoms. The predicted molar refractivity (Wildman–Crippen MR) is 51.5 cm³/mol. The van der Waals surface area contributed by atoms with Crippen LogP contribution in [0.4, 0.5) is 5.69 Å². The largest absolute Gasteiger partial charge is 0.404 e. The lowest BCUT2D eigenvalue weighted by atomic mass is 10.1. The highest BCUT2D eigenvalue weighted by atomic mass is 16.6. The molecule has 0 heterocycles. The predicted octanol–water partition coefficient (Wildman–Crippen LogP) is 1.98. The van der Waals surface area contributed by atoms with Gasteiger partial charge in [-0.15, -0.1) is 0 Å². The number of hydrogen-bond acceptors (Lipinski definition) is 4. The molecule has 1 aromatic rings. The molecule has 1 N–H and O–H groups in total. The Morgan fingerprint density at radius 3 is 2.93 bits per heavy atom. The zero-order valence-electron chi connectivity index (χ0n) is 7.47. The van der Waals surface area contributed by atoms with Crippen molar-refractivity contribution in [3.63, 3.8) is 0 Å². The number of nitro benzene ring substituents is 1. The maximum Gasteiger partial charge on any atom is 0.277 e. The third-order valence-corrected chi connectivity index (χ3v) is 1.76. The second kappa shape index (κ2) is 4.20. The Bertz CT molecular complexity index is 420. The normalized spacial score (nSPS) is 8.93. The number of nitro groups is 1. The van der Waals surface area contributed by atoms with Crippen molar-refractivity contribution >= 4 is 17.6 Å². The summed E-state index contributed by atoms with van der Waals surface area (Å²) in [5, 5.41) is 21.4. The van der Waals surface area contributed by atoms with Crippen molar-refractivity contribution in [1.82, 2.24) is 0 Å². The molecule has 0 radical (unpaired) electrons. The van der Waals surface area contributed by atoms with E-state index in [1.54, 1.807) is 19.1 Å². The van der Waals surface area contributed by atoms with Crippen LogP contribution in [-0.2, 0) is 0 Å². The van der Waals surface area contributed by atoms with Gasteiger partial charge in [-0.1, -0.05) is 12.1 Å². The highest BCUT2D eigenvalue weighted by Crippen LogP contribution is 2.22. The highest BCUT2D eigenvalue weighted by molar-refractivity contribution is 5.82. The summed E-state index contributed by atoms with van der Waals surface area (Å²) < 4.78 is 0. The molecule has 0 aliphatic rings. The van der Waals surface area contributed by atoms with Crippen LogP contribution >= 0.6 is 0 Å². The molecule has 0 bridgehead atoms. The van der Waals surface area contributed by atoms with Crippen LogP contribution < -0.4 is 0 Å². The fraction of sp³-hybridized carbons (Fsp3) is 0.111. The molecular weight excluding hydrogens is 184 g/mol. The standard InChI is InChI=1S/C9H8N2O3/c1-7-3-2-4-9(11(13)14)8(7)5-6-10-12/h2-5,12H,1H3. The number of nitrogens with zero attached hydrogens (tertiary/aromatic N) is 2. The molecule has 0 fully saturated rings. The van der Waals surface area contributed by atoms with Crippen LogP contribution in [0.5, 0.6) is 0 Å². The molecule has 0 saturated carbocycles. The van der Waals surface area contributed by atoms with E-state index in [-0.39, 0.29) is 5.69 Å². The number of rotatable bonds is 2. The Labute approximate surface area is 80.1 Å². The van der Waals surface area contributed by atoms with Gasteiger partial charge in [0, 0.05) is 18.0 Å². The van der Waals surface area contributed by atoms with E-state index in [0.717, 1.165) is 5.56 Å². The van der Waals surface area contributed by atoms with Crippen molar-refractivity contribution in [3.8, 4) is 0 Å². The van der Waals surface area contributed by atoms with Gasteiger partial charge in [-0.05, 0) is 17.6 Å². The topological polar surface area (TPSA) is 75.7 Å². The molecule has 0 saturated heterocycles. The summed E-state index contributed by atoms with van der Waals surface area (Å²) >= 11 is 0. The van der Waals surface area contributed by atoms with E-state index in [2.05, 4.69) is 11.0 Å². The third-order valence-electron chi connectivity index (χ3n) is 1.76. The monoisotopic (exact) mass is 192 g/mol. The van der Waals surface area contributed by atoms with Gasteiger partial charge in [-0.2, -0.15) is 0 Å². The second-order valence-electron chi connectivity index (χ2n) is 2.64. The van der Waals surface area contributed by atoms with E-state index >= 15 is 0 Å². The van der Waals surface area contributed by atoms with Gasteiger partial charge in [0.15, 0.2) is 0 Å². The van der Waals surface area contributed by atoms with Crippen molar-refractivity contribution in [2.45, 2.75) is 6.92 Å². The third kappa shape index (κ3) is 1.97. The highest BCUT2D eigenvalue weighted by Gasteiger charge is 2.12. The van der Waals surface area contributed by atoms with Crippen LogP contribution in [0, 0.1) is 17.0 Å². The van der Waals surface area contributed by atoms with Crippen molar-refractivity contribution in [2.24, 2.45) is 5.16 Å². The maximum atomic E-state index is 10.6. The van der Waals surface area contributed by atoms with Crippen LogP contribution in [0.2, 0.25) is 0 Å². The van der Waals surface area contributed by atoms with E-state index in [4.69, 9.17) is 5.21 Å². The summed E-state index contributed by atoms with van der Waals surface area (Å²) in [6.07, 6.45) is 1.27. The van der Waals surface area contributed by atoms with Crippen LogP contribution in [-0.4, -0.2) is 16.0 Å². The summed E-state index contributed by atoms with van der Waals surface area (Å²) in [5.41, 5.74) is 1.10. The van der Waals surface area contributed by atoms with Crippen LogP contribution in [0.15, 0.2) is 23.4 Å². The molecule has 0 aromatic heterocycles. The van der Waals surface area contributed by atoms with Crippen molar-refractivity contribution < 1.29 is 10.1 Å². The maximum absolute atomic E-state index is 10.6. The second-order valence-corrected chi connectivity index (χ2v) is 2.64. The van der Waals surface area contributed by atoms with Gasteiger partial charge in [0.1, 0.15) is 0 Å². The van der Waals surface area contributed by atoms with Gasteiger partial charge in [-0.25, -0.2) is 0 Å². The number of aryl methyl sites for hydroxylation is 1. The van der Waals surface area contributed by atoms with Crippen molar-refractivity contribution in [2.75, 3.05) is 0 Å². The molecule has 0 aliphatic heterocycles. The Hall–Kier alpha value is -2.13. The van der Waals surface area contributed by atoms with Gasteiger partial charge >= 0.3 is 0 Å². The molecule has 0 amide bonds. The van der Waals surface area contributed by atoms with E-state index in [0.29, 0.717) is 5.56 Å². The SMILES string of the molecule is Cc1cccc([N+](=O)[O-])c1C=C=NO. The van der Waals surface area contributed by atoms with E-state index < -0.39 is 4.92 Å². The smallest absolute Gasteiger partial charge is 0.277 e. The minimum absolute atomic E-state index is 0.0267. The quantitative estimate of drug-likeness (QED) is 0.337. The summed E-state index contributed by atoms with van der Waals surface area (Å²) in [5.74, 6) is 2.15. The number of hydrogen-bond donors (Lipinski definition) is 1. The van der Waals surface area contributed by atoms with Crippen LogP contribution in [0.1, 0.15) is 11.1 Å². The molecule has 5 nitrogen and oxygen atoms in total. The molecule has 1 aromatic carbocycles. The van der Waals surface area contributed by atoms with Gasteiger partial charge in [0.2, 0.25) is 0 Å². The summed E-state index contributed by atoms with van der Waals surface area (Å²) in [6, 6.07) is 4.72. The molecule has 0 atom stereocenters. The van der Waals surface area contributed by atoms with Crippen LogP contribution in [0.25, 0.3) is 6.08 Å². The molecule has 72 valence electrons. The van der Waals surface area contributed by atoms with E-state index in [9.17, 15) is 10.1 Å². The fourth-order valence-electron chi connectivity index (χ4n) is 1.11. The zero-order valence-corrected chi connectivity index (χ0v) is 7.47. The van der Waals surface area contributed by atoms with Crippen LogP contribution in [0.3, 0.4) is 0 Å². The summed E-state index contributed by atoms with van der Waals surface area (Å²) in [4.78, 5) is 10.1. The molecular formula is C9H8N2O3. The van der Waals surface area contributed by atoms with Gasteiger partial charge in [-0.3, -0.25) is 10.1 Å². The Morgan fingerprint density at radius 2 is 2.36 bits per heavy atom. The molecule has 0 spiro atoms. The van der Waals surface area contributed by atoms with Crippen molar-refractivity contribution in [1.29, 1.82) is 0 Å². The average molecular weight is 192 g/mol. The molecule has 0 aliphatic carbocycles. The Balaban J connectivity index is 3.36. The minimum atomic E-state index is -0.488. The van der Waals surface area contributed by atoms with Crippen molar-refractivity contribution in [3.05, 3.63) is 39.4 Å². The van der Waals surface area contributed by atoms with E-state index in [1.807, 2.05) is 0 Å². The fourth-order valence-corrected chi connectivity index (χ4v) is 1.11.